The zero-order valence-corrected chi connectivity index (χ0v) is 17.7. The average molecular weight is 415 g/mol. The summed E-state index contributed by atoms with van der Waals surface area (Å²) in [5, 5.41) is 2.74. The molecule has 0 fully saturated rings. The van der Waals surface area contributed by atoms with Crippen molar-refractivity contribution in [1.29, 1.82) is 0 Å². The van der Waals surface area contributed by atoms with Crippen LogP contribution in [-0.2, 0) is 27.2 Å². The molecule has 0 heterocycles. The number of aryl methyl sites for hydroxylation is 1. The second kappa shape index (κ2) is 12.4. The number of para-hydroxylation sites is 1. The highest BCUT2D eigenvalue weighted by molar-refractivity contribution is 5.80. The van der Waals surface area contributed by atoms with Gasteiger partial charge in [-0.2, -0.15) is 0 Å². The number of amides is 1. The van der Waals surface area contributed by atoms with E-state index in [0.29, 0.717) is 37.5 Å². The number of benzene rings is 2. The Bertz CT molecular complexity index is 836. The molecule has 0 atom stereocenters. The molecule has 0 aliphatic carbocycles. The van der Waals surface area contributed by atoms with Gasteiger partial charge < -0.3 is 24.3 Å². The molecule has 2 rings (SSSR count). The molecule has 0 aliphatic heterocycles. The lowest BCUT2D eigenvalue weighted by Crippen LogP contribution is -2.30. The third-order valence-electron chi connectivity index (χ3n) is 4.42. The Morgan fingerprint density at radius 2 is 1.70 bits per heavy atom. The predicted octanol–water partition coefficient (Wildman–Crippen LogP) is 2.94. The monoisotopic (exact) mass is 415 g/mol. The lowest BCUT2D eigenvalue weighted by molar-refractivity contribution is -0.148. The SMILES string of the molecule is CCOc1ccccc1CCC(=O)OCC(=O)NCCc1ccc(OC)c(OC)c1. The Hall–Kier alpha value is -3.22. The largest absolute Gasteiger partial charge is 0.494 e. The summed E-state index contributed by atoms with van der Waals surface area (Å²) in [6.45, 7) is 2.60. The van der Waals surface area contributed by atoms with E-state index in [-0.39, 0.29) is 18.9 Å². The minimum atomic E-state index is -0.420. The normalized spacial score (nSPS) is 10.2. The van der Waals surface area contributed by atoms with Gasteiger partial charge in [0.25, 0.3) is 5.91 Å². The third kappa shape index (κ3) is 7.31. The highest BCUT2D eigenvalue weighted by Crippen LogP contribution is 2.27. The number of carbonyl (C=O) groups is 2. The maximum absolute atomic E-state index is 11.9. The van der Waals surface area contributed by atoms with Crippen molar-refractivity contribution in [3.63, 3.8) is 0 Å². The van der Waals surface area contributed by atoms with E-state index in [1.165, 1.54) is 0 Å². The van der Waals surface area contributed by atoms with Gasteiger partial charge >= 0.3 is 5.97 Å². The van der Waals surface area contributed by atoms with E-state index in [1.807, 2.05) is 49.4 Å². The summed E-state index contributed by atoms with van der Waals surface area (Å²) in [5.74, 6) is 1.30. The van der Waals surface area contributed by atoms with Crippen LogP contribution in [0, 0.1) is 0 Å². The van der Waals surface area contributed by atoms with Crippen LogP contribution < -0.4 is 19.5 Å². The predicted molar refractivity (Wildman–Crippen MR) is 113 cm³/mol. The summed E-state index contributed by atoms with van der Waals surface area (Å²) < 4.78 is 21.1. The molecular weight excluding hydrogens is 386 g/mol. The molecule has 7 nitrogen and oxygen atoms in total. The Morgan fingerprint density at radius 3 is 2.43 bits per heavy atom. The number of methoxy groups -OCH3 is 2. The Labute approximate surface area is 177 Å². The standard InChI is InChI=1S/C23H29NO6/c1-4-29-19-8-6-5-7-18(19)10-12-23(26)30-16-22(25)24-14-13-17-9-11-20(27-2)21(15-17)28-3/h5-9,11,15H,4,10,12-14,16H2,1-3H3,(H,24,25). The molecule has 30 heavy (non-hydrogen) atoms. The van der Waals surface area contributed by atoms with Crippen molar-refractivity contribution in [3.8, 4) is 17.2 Å². The lowest BCUT2D eigenvalue weighted by atomic mass is 10.1. The summed E-state index contributed by atoms with van der Waals surface area (Å²) in [6, 6.07) is 13.2. The van der Waals surface area contributed by atoms with Gasteiger partial charge in [0.15, 0.2) is 18.1 Å². The lowest BCUT2D eigenvalue weighted by Gasteiger charge is -2.11. The molecule has 1 N–H and O–H groups in total. The fourth-order valence-corrected chi connectivity index (χ4v) is 2.90. The maximum Gasteiger partial charge on any atom is 0.306 e. The van der Waals surface area contributed by atoms with Crippen LogP contribution in [0.3, 0.4) is 0 Å². The van der Waals surface area contributed by atoms with Crippen molar-refractivity contribution in [1.82, 2.24) is 5.32 Å². The molecule has 0 spiro atoms. The second-order valence-electron chi connectivity index (χ2n) is 6.49. The van der Waals surface area contributed by atoms with E-state index < -0.39 is 5.97 Å². The number of ether oxygens (including phenoxy) is 4. The van der Waals surface area contributed by atoms with Crippen LogP contribution in [0.1, 0.15) is 24.5 Å². The summed E-state index contributed by atoms with van der Waals surface area (Å²) in [7, 11) is 3.16. The molecule has 0 radical (unpaired) electrons. The highest BCUT2D eigenvalue weighted by atomic mass is 16.5. The van der Waals surface area contributed by atoms with Crippen LogP contribution in [-0.4, -0.2) is 45.9 Å². The Kier molecular flexibility index (Phi) is 9.51. The van der Waals surface area contributed by atoms with Crippen LogP contribution in [0.15, 0.2) is 42.5 Å². The van der Waals surface area contributed by atoms with E-state index in [0.717, 1.165) is 16.9 Å². The van der Waals surface area contributed by atoms with Crippen molar-refractivity contribution >= 4 is 11.9 Å². The molecule has 0 bridgehead atoms. The molecule has 0 aromatic heterocycles. The number of esters is 1. The minimum Gasteiger partial charge on any atom is -0.494 e. The number of hydrogen-bond acceptors (Lipinski definition) is 6. The quantitative estimate of drug-likeness (QED) is 0.537. The zero-order chi connectivity index (χ0) is 21.8. The van der Waals surface area contributed by atoms with Crippen molar-refractivity contribution in [2.45, 2.75) is 26.2 Å². The molecule has 0 saturated carbocycles. The van der Waals surface area contributed by atoms with E-state index in [2.05, 4.69) is 5.32 Å². The fourth-order valence-electron chi connectivity index (χ4n) is 2.90. The van der Waals surface area contributed by atoms with Crippen molar-refractivity contribution in [2.24, 2.45) is 0 Å². The first-order valence-electron chi connectivity index (χ1n) is 9.91. The molecule has 0 aliphatic rings. The van der Waals surface area contributed by atoms with E-state index in [4.69, 9.17) is 18.9 Å². The summed E-state index contributed by atoms with van der Waals surface area (Å²) in [5.41, 5.74) is 1.94. The van der Waals surface area contributed by atoms with Gasteiger partial charge in [0.05, 0.1) is 20.8 Å². The van der Waals surface area contributed by atoms with Gasteiger partial charge in [-0.15, -0.1) is 0 Å². The first-order valence-corrected chi connectivity index (χ1v) is 9.91. The first-order chi connectivity index (χ1) is 14.6. The summed E-state index contributed by atoms with van der Waals surface area (Å²) in [6.07, 6.45) is 1.30. The Morgan fingerprint density at radius 1 is 0.933 bits per heavy atom. The number of hydrogen-bond donors (Lipinski definition) is 1. The highest BCUT2D eigenvalue weighted by Gasteiger charge is 2.10. The number of carbonyl (C=O) groups excluding carboxylic acids is 2. The average Bonchev–Trinajstić information content (AvgIpc) is 2.77. The number of rotatable bonds is 12. The smallest absolute Gasteiger partial charge is 0.306 e. The maximum atomic E-state index is 11.9. The van der Waals surface area contributed by atoms with Crippen molar-refractivity contribution in [3.05, 3.63) is 53.6 Å². The fraction of sp³-hybridized carbons (Fsp3) is 0.391. The van der Waals surface area contributed by atoms with Gasteiger partial charge in [-0.1, -0.05) is 24.3 Å². The van der Waals surface area contributed by atoms with Gasteiger partial charge in [-0.25, -0.2) is 0 Å². The summed E-state index contributed by atoms with van der Waals surface area (Å²) in [4.78, 5) is 23.9. The van der Waals surface area contributed by atoms with Gasteiger partial charge in [0, 0.05) is 13.0 Å². The molecule has 1 amide bonds. The molecular formula is C23H29NO6. The third-order valence-corrected chi connectivity index (χ3v) is 4.42. The van der Waals surface area contributed by atoms with Crippen LogP contribution in [0.5, 0.6) is 17.2 Å². The van der Waals surface area contributed by atoms with Gasteiger partial charge in [-0.05, 0) is 49.1 Å². The van der Waals surface area contributed by atoms with Crippen LogP contribution in [0.25, 0.3) is 0 Å². The van der Waals surface area contributed by atoms with Gasteiger partial charge in [0.2, 0.25) is 0 Å². The minimum absolute atomic E-state index is 0.184. The van der Waals surface area contributed by atoms with E-state index in [1.54, 1.807) is 14.2 Å². The van der Waals surface area contributed by atoms with Crippen molar-refractivity contribution < 1.29 is 28.5 Å². The van der Waals surface area contributed by atoms with Gasteiger partial charge in [0.1, 0.15) is 5.75 Å². The summed E-state index contributed by atoms with van der Waals surface area (Å²) >= 11 is 0. The topological polar surface area (TPSA) is 83.1 Å². The van der Waals surface area contributed by atoms with E-state index >= 15 is 0 Å². The zero-order valence-electron chi connectivity index (χ0n) is 17.7. The Balaban J connectivity index is 1.69. The second-order valence-corrected chi connectivity index (χ2v) is 6.49. The molecule has 0 saturated heterocycles. The van der Waals surface area contributed by atoms with Crippen LogP contribution >= 0.6 is 0 Å². The first kappa shape index (κ1) is 23.1. The molecule has 7 heteroatoms. The number of nitrogens with one attached hydrogen (secondary N) is 1. The molecule has 0 unspecified atom stereocenters. The van der Waals surface area contributed by atoms with Crippen LogP contribution in [0.2, 0.25) is 0 Å². The van der Waals surface area contributed by atoms with Gasteiger partial charge in [-0.3, -0.25) is 9.59 Å². The van der Waals surface area contributed by atoms with Crippen LogP contribution in [0.4, 0.5) is 0 Å². The van der Waals surface area contributed by atoms with Crippen molar-refractivity contribution in [2.75, 3.05) is 34.0 Å². The molecule has 162 valence electrons. The van der Waals surface area contributed by atoms with E-state index in [9.17, 15) is 9.59 Å². The molecule has 2 aromatic carbocycles. The molecule has 2 aromatic rings.